The summed E-state index contributed by atoms with van der Waals surface area (Å²) in [6.07, 6.45) is 11.2. The molecule has 3 atom stereocenters. The Morgan fingerprint density at radius 2 is 1.88 bits per heavy atom. The first-order valence-electron chi connectivity index (χ1n) is 7.37. The molecule has 1 saturated heterocycles. The largest absolute Gasteiger partial charge is 0.317 e. The van der Waals surface area contributed by atoms with Crippen molar-refractivity contribution in [3.05, 3.63) is 0 Å². The van der Waals surface area contributed by atoms with Crippen molar-refractivity contribution in [1.82, 2.24) is 10.6 Å². The van der Waals surface area contributed by atoms with Crippen molar-refractivity contribution in [2.24, 2.45) is 5.92 Å². The van der Waals surface area contributed by atoms with Crippen molar-refractivity contribution in [2.45, 2.75) is 70.4 Å². The quantitative estimate of drug-likeness (QED) is 0.770. The van der Waals surface area contributed by atoms with E-state index in [9.17, 15) is 0 Å². The van der Waals surface area contributed by atoms with Crippen LogP contribution < -0.4 is 10.6 Å². The summed E-state index contributed by atoms with van der Waals surface area (Å²) in [4.78, 5) is 0. The van der Waals surface area contributed by atoms with Crippen molar-refractivity contribution < 1.29 is 0 Å². The zero-order valence-electron chi connectivity index (χ0n) is 10.8. The van der Waals surface area contributed by atoms with Gasteiger partial charge in [0.05, 0.1) is 0 Å². The molecule has 2 rings (SSSR count). The Bertz CT molecular complexity index is 185. The van der Waals surface area contributed by atoms with Gasteiger partial charge in [0.25, 0.3) is 0 Å². The number of rotatable bonds is 3. The van der Waals surface area contributed by atoms with Gasteiger partial charge in [0.2, 0.25) is 0 Å². The molecule has 1 saturated carbocycles. The summed E-state index contributed by atoms with van der Waals surface area (Å²) in [5.41, 5.74) is 0. The molecule has 1 heterocycles. The topological polar surface area (TPSA) is 24.1 Å². The zero-order chi connectivity index (χ0) is 11.2. The van der Waals surface area contributed by atoms with E-state index in [0.29, 0.717) is 0 Å². The lowest BCUT2D eigenvalue weighted by molar-refractivity contribution is 0.230. The molecule has 0 radical (unpaired) electrons. The molecule has 0 amide bonds. The van der Waals surface area contributed by atoms with Crippen molar-refractivity contribution in [1.29, 1.82) is 0 Å². The minimum atomic E-state index is 0.784. The van der Waals surface area contributed by atoms with E-state index in [1.807, 2.05) is 0 Å². The molecule has 3 unspecified atom stereocenters. The summed E-state index contributed by atoms with van der Waals surface area (Å²) >= 11 is 0. The van der Waals surface area contributed by atoms with Crippen LogP contribution in [0, 0.1) is 5.92 Å². The SMILES string of the molecule is CCC1CCCCC1NC1CCCNCC1. The molecule has 2 aliphatic rings. The second-order valence-corrected chi connectivity index (χ2v) is 5.60. The Labute approximate surface area is 101 Å². The van der Waals surface area contributed by atoms with Crippen LogP contribution in [0.3, 0.4) is 0 Å². The molecular weight excluding hydrogens is 196 g/mol. The lowest BCUT2D eigenvalue weighted by Gasteiger charge is -2.34. The maximum Gasteiger partial charge on any atom is 0.00978 e. The summed E-state index contributed by atoms with van der Waals surface area (Å²) in [6.45, 7) is 4.79. The first kappa shape index (κ1) is 12.4. The van der Waals surface area contributed by atoms with Crippen LogP contribution in [0.25, 0.3) is 0 Å². The third-order valence-corrected chi connectivity index (χ3v) is 4.46. The van der Waals surface area contributed by atoms with E-state index in [0.717, 1.165) is 18.0 Å². The maximum absolute atomic E-state index is 3.96. The van der Waals surface area contributed by atoms with Gasteiger partial charge in [-0.2, -0.15) is 0 Å². The fraction of sp³-hybridized carbons (Fsp3) is 1.00. The van der Waals surface area contributed by atoms with Gasteiger partial charge in [0.15, 0.2) is 0 Å². The molecule has 0 aromatic carbocycles. The molecule has 2 heteroatoms. The Balaban J connectivity index is 1.81. The summed E-state index contributed by atoms with van der Waals surface area (Å²) < 4.78 is 0. The van der Waals surface area contributed by atoms with Gasteiger partial charge in [0.1, 0.15) is 0 Å². The molecule has 0 bridgehead atoms. The van der Waals surface area contributed by atoms with E-state index in [4.69, 9.17) is 0 Å². The summed E-state index contributed by atoms with van der Waals surface area (Å²) in [6, 6.07) is 1.61. The smallest absolute Gasteiger partial charge is 0.00978 e. The summed E-state index contributed by atoms with van der Waals surface area (Å²) in [5.74, 6) is 0.949. The first-order valence-corrected chi connectivity index (χ1v) is 7.37. The van der Waals surface area contributed by atoms with E-state index in [1.54, 1.807) is 0 Å². The highest BCUT2D eigenvalue weighted by Gasteiger charge is 2.25. The van der Waals surface area contributed by atoms with Crippen LogP contribution in [0.5, 0.6) is 0 Å². The number of hydrogen-bond acceptors (Lipinski definition) is 2. The normalized spacial score (nSPS) is 36.9. The van der Waals surface area contributed by atoms with Gasteiger partial charge in [-0.3, -0.25) is 0 Å². The number of hydrogen-bond donors (Lipinski definition) is 2. The molecule has 2 fully saturated rings. The van der Waals surface area contributed by atoms with Crippen LogP contribution >= 0.6 is 0 Å². The van der Waals surface area contributed by atoms with Crippen molar-refractivity contribution >= 4 is 0 Å². The van der Waals surface area contributed by atoms with Crippen LogP contribution in [-0.2, 0) is 0 Å². The fourth-order valence-electron chi connectivity index (χ4n) is 3.40. The lowest BCUT2D eigenvalue weighted by atomic mass is 9.82. The molecule has 0 spiro atoms. The van der Waals surface area contributed by atoms with Crippen LogP contribution in [0.2, 0.25) is 0 Å². The predicted molar refractivity (Wildman–Crippen MR) is 69.7 cm³/mol. The summed E-state index contributed by atoms with van der Waals surface area (Å²) in [5, 5.41) is 7.46. The Hall–Kier alpha value is -0.0800. The molecule has 16 heavy (non-hydrogen) atoms. The second-order valence-electron chi connectivity index (χ2n) is 5.60. The van der Waals surface area contributed by atoms with E-state index in [1.165, 1.54) is 64.5 Å². The summed E-state index contributed by atoms with van der Waals surface area (Å²) in [7, 11) is 0. The first-order chi connectivity index (χ1) is 7.90. The van der Waals surface area contributed by atoms with Gasteiger partial charge in [-0.15, -0.1) is 0 Å². The average molecular weight is 224 g/mol. The Kier molecular flexibility index (Phi) is 5.11. The van der Waals surface area contributed by atoms with E-state index >= 15 is 0 Å². The van der Waals surface area contributed by atoms with Crippen LogP contribution in [-0.4, -0.2) is 25.2 Å². The van der Waals surface area contributed by atoms with Gasteiger partial charge in [-0.25, -0.2) is 0 Å². The van der Waals surface area contributed by atoms with E-state index in [2.05, 4.69) is 17.6 Å². The highest BCUT2D eigenvalue weighted by Crippen LogP contribution is 2.27. The predicted octanol–water partition coefficient (Wildman–Crippen LogP) is 2.69. The molecule has 1 aliphatic heterocycles. The van der Waals surface area contributed by atoms with E-state index < -0.39 is 0 Å². The van der Waals surface area contributed by atoms with Gasteiger partial charge < -0.3 is 10.6 Å². The highest BCUT2D eigenvalue weighted by molar-refractivity contribution is 4.84. The van der Waals surface area contributed by atoms with Crippen molar-refractivity contribution in [2.75, 3.05) is 13.1 Å². The van der Waals surface area contributed by atoms with Gasteiger partial charge in [-0.05, 0) is 51.1 Å². The zero-order valence-corrected chi connectivity index (χ0v) is 10.8. The molecule has 0 aromatic heterocycles. The second kappa shape index (κ2) is 6.61. The van der Waals surface area contributed by atoms with Crippen LogP contribution in [0.1, 0.15) is 58.3 Å². The highest BCUT2D eigenvalue weighted by atomic mass is 15.0. The maximum atomic E-state index is 3.96. The molecule has 1 aliphatic carbocycles. The Morgan fingerprint density at radius 3 is 2.75 bits per heavy atom. The molecule has 2 nitrogen and oxygen atoms in total. The minimum Gasteiger partial charge on any atom is -0.317 e. The molecular formula is C14H28N2. The van der Waals surface area contributed by atoms with Gasteiger partial charge in [0, 0.05) is 12.1 Å². The molecule has 2 N–H and O–H groups in total. The van der Waals surface area contributed by atoms with Crippen LogP contribution in [0.15, 0.2) is 0 Å². The van der Waals surface area contributed by atoms with Crippen molar-refractivity contribution in [3.8, 4) is 0 Å². The number of nitrogens with one attached hydrogen (secondary N) is 2. The van der Waals surface area contributed by atoms with Gasteiger partial charge in [-0.1, -0.05) is 26.2 Å². The van der Waals surface area contributed by atoms with Crippen molar-refractivity contribution in [3.63, 3.8) is 0 Å². The minimum absolute atomic E-state index is 0.784. The fourth-order valence-corrected chi connectivity index (χ4v) is 3.40. The van der Waals surface area contributed by atoms with E-state index in [-0.39, 0.29) is 0 Å². The van der Waals surface area contributed by atoms with Gasteiger partial charge >= 0.3 is 0 Å². The van der Waals surface area contributed by atoms with Crippen LogP contribution in [0.4, 0.5) is 0 Å². The molecule has 94 valence electrons. The third kappa shape index (κ3) is 3.46. The Morgan fingerprint density at radius 1 is 1.00 bits per heavy atom. The monoisotopic (exact) mass is 224 g/mol. The lowest BCUT2D eigenvalue weighted by Crippen LogP contribution is -2.44. The average Bonchev–Trinajstić information content (AvgIpc) is 2.58. The standard InChI is InChI=1S/C14H28N2/c1-2-12-6-3-4-8-14(12)16-13-7-5-10-15-11-9-13/h12-16H,2-11H2,1H3. The molecule has 0 aromatic rings. The third-order valence-electron chi connectivity index (χ3n) is 4.46.